The fraction of sp³-hybridized carbons (Fsp3) is 0.524. The standard InChI is InChI=1S/C21H29N5O5S3/c1-33(28,29)25-9-7-24(8-10-25)20(27)18-11-17(16-5-3-2-4-6-16)14-26(15-18)34(30,31)21-23-13-19(12-22)32-21/h2-6,13,17-18H,7-12,14-15,22H2,1H3/t17-,18-/m1/s1. The monoisotopic (exact) mass is 527 g/mol. The number of carbonyl (C=O) groups is 1. The lowest BCUT2D eigenvalue weighted by Gasteiger charge is -2.40. The first-order chi connectivity index (χ1) is 16.1. The molecule has 0 unspecified atom stereocenters. The zero-order valence-corrected chi connectivity index (χ0v) is 21.4. The van der Waals surface area contributed by atoms with Crippen molar-refractivity contribution >= 4 is 37.3 Å². The SMILES string of the molecule is CS(=O)(=O)N1CCN(C(=O)[C@@H]2C[C@@H](c3ccccc3)CN(S(=O)(=O)c3ncc(CN)s3)C2)CC1. The number of piperidine rings is 1. The van der Waals surface area contributed by atoms with Crippen molar-refractivity contribution in [3.63, 3.8) is 0 Å². The van der Waals surface area contributed by atoms with Gasteiger partial charge in [-0.05, 0) is 17.9 Å². The van der Waals surface area contributed by atoms with E-state index in [0.29, 0.717) is 11.3 Å². The van der Waals surface area contributed by atoms with Crippen LogP contribution in [0.5, 0.6) is 0 Å². The van der Waals surface area contributed by atoms with Gasteiger partial charge in [0.2, 0.25) is 20.3 Å². The van der Waals surface area contributed by atoms with Gasteiger partial charge in [0.05, 0.1) is 12.2 Å². The van der Waals surface area contributed by atoms with Gasteiger partial charge in [-0.2, -0.15) is 8.61 Å². The summed E-state index contributed by atoms with van der Waals surface area (Å²) in [6.07, 6.45) is 3.15. The van der Waals surface area contributed by atoms with Crippen molar-refractivity contribution in [2.24, 2.45) is 11.7 Å². The Bertz CT molecular complexity index is 1220. The second-order valence-corrected chi connectivity index (χ2v) is 13.9. The number of sulfonamides is 2. The van der Waals surface area contributed by atoms with E-state index in [1.807, 2.05) is 30.3 Å². The highest BCUT2D eigenvalue weighted by Crippen LogP contribution is 2.35. The van der Waals surface area contributed by atoms with Crippen molar-refractivity contribution in [3.8, 4) is 0 Å². The Morgan fingerprint density at radius 3 is 2.32 bits per heavy atom. The number of benzene rings is 1. The maximum atomic E-state index is 13.5. The third-order valence-corrected chi connectivity index (χ3v) is 10.9. The van der Waals surface area contributed by atoms with Gasteiger partial charge in [0.15, 0.2) is 0 Å². The maximum absolute atomic E-state index is 13.5. The molecule has 0 spiro atoms. The Morgan fingerprint density at radius 1 is 1.06 bits per heavy atom. The predicted octanol–water partition coefficient (Wildman–Crippen LogP) is 0.500. The molecule has 1 aromatic heterocycles. The zero-order chi connectivity index (χ0) is 24.5. The molecule has 10 nitrogen and oxygen atoms in total. The molecule has 4 rings (SSSR count). The lowest BCUT2D eigenvalue weighted by molar-refractivity contribution is -0.138. The average molecular weight is 528 g/mol. The molecule has 0 saturated carbocycles. The average Bonchev–Trinajstić information content (AvgIpc) is 3.34. The lowest BCUT2D eigenvalue weighted by atomic mass is 9.85. The Hall–Kier alpha value is -1.90. The molecule has 2 atom stereocenters. The molecule has 13 heteroatoms. The summed E-state index contributed by atoms with van der Waals surface area (Å²) in [5.41, 5.74) is 6.61. The number of hydrogen-bond acceptors (Lipinski definition) is 8. The van der Waals surface area contributed by atoms with Crippen LogP contribution in [0.4, 0.5) is 0 Å². The number of carbonyl (C=O) groups excluding carboxylic acids is 1. The van der Waals surface area contributed by atoms with Crippen molar-refractivity contribution in [1.82, 2.24) is 18.5 Å². The molecule has 1 aromatic carbocycles. The van der Waals surface area contributed by atoms with Crippen molar-refractivity contribution < 1.29 is 21.6 Å². The van der Waals surface area contributed by atoms with E-state index in [2.05, 4.69) is 4.98 Å². The predicted molar refractivity (Wildman–Crippen MR) is 129 cm³/mol. The van der Waals surface area contributed by atoms with Crippen molar-refractivity contribution in [2.45, 2.75) is 23.2 Å². The summed E-state index contributed by atoms with van der Waals surface area (Å²) in [6.45, 7) is 1.59. The second kappa shape index (κ2) is 9.99. The van der Waals surface area contributed by atoms with Crippen LogP contribution in [0.15, 0.2) is 40.9 Å². The molecule has 3 heterocycles. The van der Waals surface area contributed by atoms with Crippen LogP contribution in [0.1, 0.15) is 22.8 Å². The largest absolute Gasteiger partial charge is 0.340 e. The van der Waals surface area contributed by atoms with Gasteiger partial charge >= 0.3 is 0 Å². The van der Waals surface area contributed by atoms with E-state index in [0.717, 1.165) is 23.2 Å². The van der Waals surface area contributed by atoms with Crippen LogP contribution in [-0.2, 0) is 31.4 Å². The normalized spacial score (nSPS) is 23.2. The Morgan fingerprint density at radius 2 is 1.74 bits per heavy atom. The molecule has 186 valence electrons. The van der Waals surface area contributed by atoms with Gasteiger partial charge in [0.1, 0.15) is 0 Å². The maximum Gasteiger partial charge on any atom is 0.270 e. The van der Waals surface area contributed by atoms with E-state index in [1.54, 1.807) is 4.90 Å². The third kappa shape index (κ3) is 5.34. The first-order valence-corrected chi connectivity index (χ1v) is 15.1. The van der Waals surface area contributed by atoms with E-state index in [9.17, 15) is 21.6 Å². The van der Waals surface area contributed by atoms with Crippen LogP contribution >= 0.6 is 11.3 Å². The summed E-state index contributed by atoms with van der Waals surface area (Å²) in [4.78, 5) is 19.9. The molecule has 2 aliphatic rings. The molecule has 2 aliphatic heterocycles. The summed E-state index contributed by atoms with van der Waals surface area (Å²) >= 11 is 1.05. The fourth-order valence-electron chi connectivity index (χ4n) is 4.51. The molecular formula is C21H29N5O5S3. The first-order valence-electron chi connectivity index (χ1n) is 11.0. The van der Waals surface area contributed by atoms with E-state index < -0.39 is 26.0 Å². The molecule has 0 aliphatic carbocycles. The Labute approximate surface area is 204 Å². The van der Waals surface area contributed by atoms with Gasteiger partial charge in [0.25, 0.3) is 10.0 Å². The zero-order valence-electron chi connectivity index (χ0n) is 18.9. The van der Waals surface area contributed by atoms with Gasteiger partial charge < -0.3 is 10.6 Å². The number of nitrogens with zero attached hydrogens (tertiary/aromatic N) is 4. The fourth-order valence-corrected chi connectivity index (χ4v) is 8.08. The third-order valence-electron chi connectivity index (χ3n) is 6.35. The number of piperazine rings is 1. The van der Waals surface area contributed by atoms with E-state index >= 15 is 0 Å². The van der Waals surface area contributed by atoms with Gasteiger partial charge in [0, 0.05) is 56.9 Å². The molecule has 34 heavy (non-hydrogen) atoms. The Kier molecular flexibility index (Phi) is 7.41. The highest BCUT2D eigenvalue weighted by molar-refractivity contribution is 7.91. The van der Waals surface area contributed by atoms with E-state index in [1.165, 1.54) is 14.8 Å². The molecule has 2 N–H and O–H groups in total. The minimum Gasteiger partial charge on any atom is -0.340 e. The van der Waals surface area contributed by atoms with Gasteiger partial charge in [-0.25, -0.2) is 21.8 Å². The number of amides is 1. The lowest BCUT2D eigenvalue weighted by Crippen LogP contribution is -2.54. The summed E-state index contributed by atoms with van der Waals surface area (Å²) in [5.74, 6) is -0.826. The molecule has 2 fully saturated rings. The van der Waals surface area contributed by atoms with Crippen molar-refractivity contribution in [3.05, 3.63) is 47.0 Å². The summed E-state index contributed by atoms with van der Waals surface area (Å²) < 4.78 is 53.2. The number of hydrogen-bond donors (Lipinski definition) is 1. The van der Waals surface area contributed by atoms with Crippen LogP contribution in [0.25, 0.3) is 0 Å². The molecular weight excluding hydrogens is 498 g/mol. The van der Waals surface area contributed by atoms with Gasteiger partial charge in [-0.3, -0.25) is 4.79 Å². The van der Waals surface area contributed by atoms with Crippen LogP contribution in [0, 0.1) is 5.92 Å². The van der Waals surface area contributed by atoms with E-state index in [4.69, 9.17) is 5.73 Å². The van der Waals surface area contributed by atoms with E-state index in [-0.39, 0.29) is 62.0 Å². The molecule has 0 radical (unpaired) electrons. The number of thiazole rings is 1. The number of rotatable bonds is 6. The second-order valence-electron chi connectivity index (χ2n) is 8.65. The van der Waals surface area contributed by atoms with Crippen molar-refractivity contribution in [1.29, 1.82) is 0 Å². The summed E-state index contributed by atoms with van der Waals surface area (Å²) in [7, 11) is -7.20. The molecule has 1 amide bonds. The van der Waals surface area contributed by atoms with Gasteiger partial charge in [-0.1, -0.05) is 30.3 Å². The summed E-state index contributed by atoms with van der Waals surface area (Å²) in [6, 6.07) is 9.59. The van der Waals surface area contributed by atoms with Crippen molar-refractivity contribution in [2.75, 3.05) is 45.5 Å². The number of nitrogens with two attached hydrogens (primary N) is 1. The Balaban J connectivity index is 1.57. The minimum absolute atomic E-state index is 0.0189. The minimum atomic E-state index is -3.89. The highest BCUT2D eigenvalue weighted by Gasteiger charge is 2.41. The quantitative estimate of drug-likeness (QED) is 0.578. The molecule has 2 aromatic rings. The first kappa shape index (κ1) is 25.2. The topological polar surface area (TPSA) is 134 Å². The van der Waals surface area contributed by atoms with Crippen LogP contribution < -0.4 is 5.73 Å². The number of aromatic nitrogens is 1. The highest BCUT2D eigenvalue weighted by atomic mass is 32.2. The smallest absolute Gasteiger partial charge is 0.270 e. The van der Waals surface area contributed by atoms with Crippen LogP contribution in [0.2, 0.25) is 0 Å². The van der Waals surface area contributed by atoms with Crippen LogP contribution in [0.3, 0.4) is 0 Å². The summed E-state index contributed by atoms with van der Waals surface area (Å²) in [5, 5.41) is 0. The molecule has 2 saturated heterocycles. The molecule has 0 bridgehead atoms. The van der Waals surface area contributed by atoms with Gasteiger partial charge in [-0.15, -0.1) is 11.3 Å². The van der Waals surface area contributed by atoms with Crippen LogP contribution in [-0.4, -0.2) is 86.8 Å².